The van der Waals surface area contributed by atoms with Crippen LogP contribution >= 0.6 is 11.3 Å². The van der Waals surface area contributed by atoms with Crippen LogP contribution < -0.4 is 25.5 Å². The Bertz CT molecular complexity index is 3130. The van der Waals surface area contributed by atoms with E-state index in [1.165, 1.54) is 133 Å². The van der Waals surface area contributed by atoms with Gasteiger partial charge in [0.05, 0.1) is 5.69 Å². The molecule has 2 nitrogen and oxygen atoms in total. The van der Waals surface area contributed by atoms with Crippen molar-refractivity contribution in [2.45, 2.75) is 167 Å². The number of anilines is 6. The molecule has 0 N–H and O–H groups in total. The first-order chi connectivity index (χ1) is 32.5. The monoisotopic (exact) mass is 927 g/mol. The largest absolute Gasteiger partial charge is 0.311 e. The van der Waals surface area contributed by atoms with E-state index in [0.717, 1.165) is 41.4 Å². The van der Waals surface area contributed by atoms with Gasteiger partial charge in [0.15, 0.2) is 0 Å². The van der Waals surface area contributed by atoms with Gasteiger partial charge in [-0.15, -0.1) is 11.3 Å². The fourth-order valence-corrected chi connectivity index (χ4v) is 19.1. The van der Waals surface area contributed by atoms with Crippen molar-refractivity contribution in [3.63, 3.8) is 0 Å². The van der Waals surface area contributed by atoms with Crippen LogP contribution in [-0.2, 0) is 32.5 Å². The van der Waals surface area contributed by atoms with Gasteiger partial charge in [0.25, 0.3) is 6.71 Å². The molecular formula is C65H75BN2S. The summed E-state index contributed by atoms with van der Waals surface area (Å²) in [6, 6.07) is 38.1. The molecule has 10 aliphatic rings. The highest BCUT2D eigenvalue weighted by atomic mass is 32.1. The van der Waals surface area contributed by atoms with Gasteiger partial charge in [-0.05, 0) is 218 Å². The highest BCUT2D eigenvalue weighted by Gasteiger charge is 2.68. The summed E-state index contributed by atoms with van der Waals surface area (Å²) in [4.78, 5) is 5.61. The molecule has 6 aromatic rings. The molecule has 0 unspecified atom stereocenters. The first kappa shape index (κ1) is 43.5. The maximum Gasteiger partial charge on any atom is 0.264 e. The van der Waals surface area contributed by atoms with Crippen LogP contribution in [0.15, 0.2) is 91.0 Å². The molecule has 7 fully saturated rings. The van der Waals surface area contributed by atoms with Gasteiger partial charge < -0.3 is 9.80 Å². The number of thiophene rings is 1. The lowest BCUT2D eigenvalue weighted by atomic mass is 9.32. The second-order valence-corrected chi connectivity index (χ2v) is 29.8. The molecule has 3 heterocycles. The number of fused-ring (bicyclic) bond motifs is 7. The van der Waals surface area contributed by atoms with Crippen molar-refractivity contribution in [1.29, 1.82) is 0 Å². The minimum absolute atomic E-state index is 0.00441. The molecule has 354 valence electrons. The molecule has 16 rings (SSSR count). The topological polar surface area (TPSA) is 6.48 Å². The first-order valence-corrected chi connectivity index (χ1v) is 28.1. The second-order valence-electron chi connectivity index (χ2n) is 28.8. The summed E-state index contributed by atoms with van der Waals surface area (Å²) in [6.07, 6.45) is 9.92. The molecule has 5 aromatic carbocycles. The predicted molar refractivity (Wildman–Crippen MR) is 296 cm³/mol. The normalized spacial score (nSPS) is 29.5. The minimum Gasteiger partial charge on any atom is -0.311 e. The Labute approximate surface area is 418 Å². The Morgan fingerprint density at radius 3 is 1.74 bits per heavy atom. The van der Waals surface area contributed by atoms with Crippen LogP contribution in [0, 0.1) is 41.4 Å². The number of rotatable bonds is 3. The summed E-state index contributed by atoms with van der Waals surface area (Å²) in [5, 5.41) is 1.41. The molecule has 7 saturated carbocycles. The van der Waals surface area contributed by atoms with Crippen LogP contribution in [-0.4, -0.2) is 6.71 Å². The summed E-state index contributed by atoms with van der Waals surface area (Å²) in [5.41, 5.74) is 20.6. The van der Waals surface area contributed by atoms with Gasteiger partial charge in [-0.1, -0.05) is 126 Å². The molecule has 0 amide bonds. The molecule has 0 saturated heterocycles. The lowest BCUT2D eigenvalue weighted by Crippen LogP contribution is -2.66. The van der Waals surface area contributed by atoms with Gasteiger partial charge in [-0.2, -0.15) is 0 Å². The molecule has 0 atom stereocenters. The fourth-order valence-electron chi connectivity index (χ4n) is 17.8. The van der Waals surface area contributed by atoms with E-state index in [0.29, 0.717) is 0 Å². The van der Waals surface area contributed by atoms with E-state index >= 15 is 0 Å². The maximum atomic E-state index is 2.84. The molecule has 0 radical (unpaired) electrons. The van der Waals surface area contributed by atoms with E-state index < -0.39 is 0 Å². The quantitative estimate of drug-likeness (QED) is 0.163. The summed E-state index contributed by atoms with van der Waals surface area (Å²) < 4.78 is 2.89. The van der Waals surface area contributed by atoms with Crippen molar-refractivity contribution in [2.24, 2.45) is 41.4 Å². The van der Waals surface area contributed by atoms with Crippen LogP contribution in [0.1, 0.15) is 168 Å². The first-order valence-electron chi connectivity index (χ1n) is 27.2. The zero-order chi connectivity index (χ0) is 47.9. The van der Waals surface area contributed by atoms with Crippen LogP contribution in [0.5, 0.6) is 0 Å². The standard InChI is InChI=1S/C65H75BN2S/c1-60(2,3)37-15-14-16-41(26-37)67-53-28-39(62(7,8)9)17-21-52(53)66-57-54(67)29-40(65-32-47-43-23-36-24-44(47)49(34-65)45(25-36)48(43)33-65)30-55(57)68(42-19-20-50-51(31-42)64(12,13)35-63(50,10)11)58-46-27-38(61(4,5)6)18-22-56(46)69-59(58)66/h14-22,26-31,36,43-45,47-49H,23-25,32-35H2,1-13H3. The van der Waals surface area contributed by atoms with E-state index in [1.54, 1.807) is 5.56 Å². The number of nitrogens with zero attached hydrogens (tertiary/aromatic N) is 2. The van der Waals surface area contributed by atoms with E-state index in [1.807, 2.05) is 0 Å². The Kier molecular flexibility index (Phi) is 8.58. The van der Waals surface area contributed by atoms with Gasteiger partial charge in [0.2, 0.25) is 0 Å². The van der Waals surface area contributed by atoms with Crippen molar-refractivity contribution in [2.75, 3.05) is 9.80 Å². The van der Waals surface area contributed by atoms with Crippen LogP contribution in [0.25, 0.3) is 10.1 Å². The fraction of sp³-hybridized carbons (Fsp3) is 0.508. The van der Waals surface area contributed by atoms with Crippen LogP contribution in [0.3, 0.4) is 0 Å². The summed E-state index contributed by atoms with van der Waals surface area (Å²) >= 11 is 2.06. The lowest BCUT2D eigenvalue weighted by Gasteiger charge is -2.72. The summed E-state index contributed by atoms with van der Waals surface area (Å²) in [5.74, 6) is 6.67. The molecule has 0 spiro atoms. The van der Waals surface area contributed by atoms with Gasteiger partial charge in [-0.3, -0.25) is 0 Å². The Morgan fingerprint density at radius 2 is 1.10 bits per heavy atom. The van der Waals surface area contributed by atoms with E-state index in [2.05, 4.69) is 202 Å². The Hall–Kier alpha value is -4.28. The van der Waals surface area contributed by atoms with Gasteiger partial charge in [0, 0.05) is 43.3 Å². The zero-order valence-electron chi connectivity index (χ0n) is 44.0. The van der Waals surface area contributed by atoms with Crippen molar-refractivity contribution in [3.05, 3.63) is 124 Å². The van der Waals surface area contributed by atoms with E-state index in [-0.39, 0.29) is 39.2 Å². The third-order valence-corrected chi connectivity index (χ3v) is 21.8. The molecule has 2 aliphatic heterocycles. The third-order valence-electron chi connectivity index (χ3n) is 20.6. The van der Waals surface area contributed by atoms with Crippen molar-refractivity contribution < 1.29 is 0 Å². The smallest absolute Gasteiger partial charge is 0.264 e. The molecule has 8 aliphatic carbocycles. The zero-order valence-corrected chi connectivity index (χ0v) is 44.8. The number of hydrogen-bond acceptors (Lipinski definition) is 3. The highest BCUT2D eigenvalue weighted by molar-refractivity contribution is 7.33. The predicted octanol–water partition coefficient (Wildman–Crippen LogP) is 15.8. The van der Waals surface area contributed by atoms with Gasteiger partial charge in [0.1, 0.15) is 0 Å². The SMILES string of the molecule is CC(C)(C)c1cccc(N2c3cc(C(C)(C)C)ccc3B3c4sc5ccc(C(C)(C)C)cc5c4N(c4ccc5c(c4)C(C)(C)CC5(C)C)c4cc(C56CC7C8CC9CC7C(C5)C(C9)C8C6)cc2c43)c1. The molecule has 4 heteroatoms. The lowest BCUT2D eigenvalue weighted by molar-refractivity contribution is -0.212. The second kappa shape index (κ2) is 13.6. The number of benzene rings is 5. The minimum atomic E-state index is 0.00441. The molecule has 1 aromatic heterocycles. The Balaban J connectivity index is 1.10. The summed E-state index contributed by atoms with van der Waals surface area (Å²) in [7, 11) is 0. The maximum absolute atomic E-state index is 2.84. The van der Waals surface area contributed by atoms with Crippen LogP contribution in [0.2, 0.25) is 0 Å². The van der Waals surface area contributed by atoms with Crippen molar-refractivity contribution in [1.82, 2.24) is 0 Å². The Morgan fingerprint density at radius 1 is 0.536 bits per heavy atom. The molecule has 69 heavy (non-hydrogen) atoms. The number of hydrogen-bond donors (Lipinski definition) is 0. The van der Waals surface area contributed by atoms with E-state index in [4.69, 9.17) is 0 Å². The highest BCUT2D eigenvalue weighted by Crippen LogP contribution is 2.75. The summed E-state index contributed by atoms with van der Waals surface area (Å²) in [6.45, 7) is 31.5. The van der Waals surface area contributed by atoms with Crippen molar-refractivity contribution >= 4 is 78.0 Å². The third kappa shape index (κ3) is 5.97. The molecular weight excluding hydrogens is 852 g/mol. The van der Waals surface area contributed by atoms with Crippen LogP contribution in [0.4, 0.5) is 34.1 Å². The average Bonchev–Trinajstić information content (AvgIpc) is 3.75. The van der Waals surface area contributed by atoms with E-state index in [9.17, 15) is 0 Å². The van der Waals surface area contributed by atoms with Gasteiger partial charge in [-0.25, -0.2) is 0 Å². The molecule has 8 bridgehead atoms. The average molecular weight is 927 g/mol. The van der Waals surface area contributed by atoms with Gasteiger partial charge >= 0.3 is 0 Å². The van der Waals surface area contributed by atoms with Crippen molar-refractivity contribution in [3.8, 4) is 0 Å².